The molecule has 0 spiro atoms. The van der Waals surface area contributed by atoms with Crippen LogP contribution in [0.2, 0.25) is 0 Å². The molecule has 1 fully saturated rings. The SMILES string of the molecule is Cc1cccc(C(=O)N2CCN(S(=O)(=O)CCc3ccccc3F)CC2)c1. The van der Waals surface area contributed by atoms with E-state index in [0.29, 0.717) is 24.2 Å². The average molecular weight is 390 g/mol. The summed E-state index contributed by atoms with van der Waals surface area (Å²) in [6, 6.07) is 13.6. The number of benzene rings is 2. The summed E-state index contributed by atoms with van der Waals surface area (Å²) in [5.41, 5.74) is 2.02. The fraction of sp³-hybridized carbons (Fsp3) is 0.350. The van der Waals surface area contributed by atoms with Gasteiger partial charge in [0, 0.05) is 31.7 Å². The van der Waals surface area contributed by atoms with Gasteiger partial charge in [-0.1, -0.05) is 35.9 Å². The highest BCUT2D eigenvalue weighted by molar-refractivity contribution is 7.89. The van der Waals surface area contributed by atoms with Crippen molar-refractivity contribution < 1.29 is 17.6 Å². The number of halogens is 1. The first-order chi connectivity index (χ1) is 12.9. The molecule has 27 heavy (non-hydrogen) atoms. The van der Waals surface area contributed by atoms with Crippen molar-refractivity contribution in [3.05, 3.63) is 71.0 Å². The van der Waals surface area contributed by atoms with Gasteiger partial charge in [-0.05, 0) is 37.1 Å². The first-order valence-corrected chi connectivity index (χ1v) is 10.5. The van der Waals surface area contributed by atoms with Crippen LogP contribution in [-0.4, -0.2) is 55.5 Å². The van der Waals surface area contributed by atoms with Crippen LogP contribution < -0.4 is 0 Å². The zero-order valence-corrected chi connectivity index (χ0v) is 16.1. The van der Waals surface area contributed by atoms with Crippen molar-refractivity contribution in [1.29, 1.82) is 0 Å². The first kappa shape index (κ1) is 19.5. The summed E-state index contributed by atoms with van der Waals surface area (Å²) in [7, 11) is -3.49. The van der Waals surface area contributed by atoms with E-state index in [9.17, 15) is 17.6 Å². The Labute approximate surface area is 159 Å². The third kappa shape index (κ3) is 4.73. The Bertz CT molecular complexity index is 922. The number of rotatable bonds is 5. The second-order valence-corrected chi connectivity index (χ2v) is 8.81. The van der Waals surface area contributed by atoms with E-state index in [1.54, 1.807) is 29.2 Å². The minimum absolute atomic E-state index is 0.0814. The Morgan fingerprint density at radius 3 is 2.41 bits per heavy atom. The lowest BCUT2D eigenvalue weighted by atomic mass is 10.1. The van der Waals surface area contributed by atoms with Crippen molar-refractivity contribution in [2.75, 3.05) is 31.9 Å². The number of piperazine rings is 1. The van der Waals surface area contributed by atoms with Crippen LogP contribution in [0.3, 0.4) is 0 Å². The molecule has 0 radical (unpaired) electrons. The highest BCUT2D eigenvalue weighted by Gasteiger charge is 2.29. The second-order valence-electron chi connectivity index (χ2n) is 6.72. The minimum Gasteiger partial charge on any atom is -0.336 e. The molecular weight excluding hydrogens is 367 g/mol. The lowest BCUT2D eigenvalue weighted by Gasteiger charge is -2.34. The number of nitrogens with zero attached hydrogens (tertiary/aromatic N) is 2. The van der Waals surface area contributed by atoms with Crippen LogP contribution in [0.15, 0.2) is 48.5 Å². The van der Waals surface area contributed by atoms with Gasteiger partial charge in [-0.25, -0.2) is 12.8 Å². The second kappa shape index (κ2) is 8.19. The number of carbonyl (C=O) groups excluding carboxylic acids is 1. The molecule has 2 aromatic rings. The fourth-order valence-electron chi connectivity index (χ4n) is 3.20. The summed E-state index contributed by atoms with van der Waals surface area (Å²) in [4.78, 5) is 14.3. The van der Waals surface area contributed by atoms with E-state index in [0.717, 1.165) is 5.56 Å². The Morgan fingerprint density at radius 2 is 1.74 bits per heavy atom. The zero-order chi connectivity index (χ0) is 19.4. The fourth-order valence-corrected chi connectivity index (χ4v) is 4.65. The number of sulfonamides is 1. The van der Waals surface area contributed by atoms with Crippen LogP contribution in [0.5, 0.6) is 0 Å². The number of hydrogen-bond donors (Lipinski definition) is 0. The molecule has 0 bridgehead atoms. The third-order valence-corrected chi connectivity index (χ3v) is 6.64. The van der Waals surface area contributed by atoms with Gasteiger partial charge in [-0.2, -0.15) is 4.31 Å². The quantitative estimate of drug-likeness (QED) is 0.788. The Kier molecular flexibility index (Phi) is 5.92. The first-order valence-electron chi connectivity index (χ1n) is 8.94. The van der Waals surface area contributed by atoms with Gasteiger partial charge in [-0.15, -0.1) is 0 Å². The standard InChI is InChI=1S/C20H23FN2O3S/c1-16-5-4-7-18(15-16)20(24)22-10-12-23(13-11-22)27(25,26)14-9-17-6-2-3-8-19(17)21/h2-8,15H,9-14H2,1H3. The molecule has 7 heteroatoms. The predicted molar refractivity (Wildman–Crippen MR) is 103 cm³/mol. The Balaban J connectivity index is 1.58. The molecule has 0 N–H and O–H groups in total. The maximum atomic E-state index is 13.7. The van der Waals surface area contributed by atoms with Crippen molar-refractivity contribution in [2.24, 2.45) is 0 Å². The molecule has 3 rings (SSSR count). The van der Waals surface area contributed by atoms with Gasteiger partial charge in [0.2, 0.25) is 10.0 Å². The van der Waals surface area contributed by atoms with Crippen molar-refractivity contribution in [3.8, 4) is 0 Å². The van der Waals surface area contributed by atoms with Gasteiger partial charge in [0.25, 0.3) is 5.91 Å². The molecular formula is C20H23FN2O3S. The van der Waals surface area contributed by atoms with Gasteiger partial charge < -0.3 is 4.90 Å². The van der Waals surface area contributed by atoms with E-state index in [1.807, 2.05) is 25.1 Å². The summed E-state index contributed by atoms with van der Waals surface area (Å²) >= 11 is 0. The molecule has 144 valence electrons. The minimum atomic E-state index is -3.49. The summed E-state index contributed by atoms with van der Waals surface area (Å²) in [5.74, 6) is -0.608. The van der Waals surface area contributed by atoms with Gasteiger partial charge in [0.05, 0.1) is 5.75 Å². The molecule has 0 unspecified atom stereocenters. The number of aryl methyl sites for hydroxylation is 2. The summed E-state index contributed by atoms with van der Waals surface area (Å²) in [5, 5.41) is 0. The maximum Gasteiger partial charge on any atom is 0.253 e. The van der Waals surface area contributed by atoms with E-state index >= 15 is 0 Å². The number of amides is 1. The molecule has 0 atom stereocenters. The van der Waals surface area contributed by atoms with Crippen LogP contribution in [0.4, 0.5) is 4.39 Å². The summed E-state index contributed by atoms with van der Waals surface area (Å²) in [6.07, 6.45) is 0.136. The van der Waals surface area contributed by atoms with E-state index in [4.69, 9.17) is 0 Å². The van der Waals surface area contributed by atoms with Gasteiger partial charge >= 0.3 is 0 Å². The van der Waals surface area contributed by atoms with Crippen LogP contribution in [0.25, 0.3) is 0 Å². The summed E-state index contributed by atoms with van der Waals surface area (Å²) < 4.78 is 40.2. The van der Waals surface area contributed by atoms with E-state index in [1.165, 1.54) is 10.4 Å². The van der Waals surface area contributed by atoms with Crippen LogP contribution in [0, 0.1) is 12.7 Å². The van der Waals surface area contributed by atoms with E-state index in [-0.39, 0.29) is 37.0 Å². The topological polar surface area (TPSA) is 57.7 Å². The molecule has 1 saturated heterocycles. The highest BCUT2D eigenvalue weighted by Crippen LogP contribution is 2.15. The van der Waals surface area contributed by atoms with Gasteiger partial charge in [0.15, 0.2) is 0 Å². The van der Waals surface area contributed by atoms with Crippen molar-refractivity contribution in [1.82, 2.24) is 9.21 Å². The van der Waals surface area contributed by atoms with Crippen LogP contribution in [0.1, 0.15) is 21.5 Å². The van der Waals surface area contributed by atoms with E-state index in [2.05, 4.69) is 0 Å². The number of hydrogen-bond acceptors (Lipinski definition) is 3. The normalized spacial score (nSPS) is 15.7. The van der Waals surface area contributed by atoms with Crippen LogP contribution in [-0.2, 0) is 16.4 Å². The molecule has 1 heterocycles. The maximum absolute atomic E-state index is 13.7. The van der Waals surface area contributed by atoms with Gasteiger partial charge in [-0.3, -0.25) is 4.79 Å². The molecule has 0 aliphatic carbocycles. The molecule has 0 aromatic heterocycles. The molecule has 1 amide bonds. The largest absolute Gasteiger partial charge is 0.336 e. The monoisotopic (exact) mass is 390 g/mol. The highest BCUT2D eigenvalue weighted by atomic mass is 32.2. The Morgan fingerprint density at radius 1 is 1.04 bits per heavy atom. The zero-order valence-electron chi connectivity index (χ0n) is 15.3. The third-order valence-electron chi connectivity index (χ3n) is 4.77. The van der Waals surface area contributed by atoms with Crippen molar-refractivity contribution >= 4 is 15.9 Å². The lowest BCUT2D eigenvalue weighted by Crippen LogP contribution is -2.51. The van der Waals surface area contributed by atoms with Crippen molar-refractivity contribution in [2.45, 2.75) is 13.3 Å². The molecule has 2 aromatic carbocycles. The molecule has 5 nitrogen and oxygen atoms in total. The Hall–Kier alpha value is -2.25. The van der Waals surface area contributed by atoms with Gasteiger partial charge in [0.1, 0.15) is 5.82 Å². The molecule has 0 saturated carbocycles. The van der Waals surface area contributed by atoms with Crippen LogP contribution >= 0.6 is 0 Å². The predicted octanol–water partition coefficient (Wildman–Crippen LogP) is 2.46. The smallest absolute Gasteiger partial charge is 0.253 e. The summed E-state index contributed by atoms with van der Waals surface area (Å²) in [6.45, 7) is 3.16. The number of carbonyl (C=O) groups is 1. The molecule has 1 aliphatic rings. The van der Waals surface area contributed by atoms with Crippen molar-refractivity contribution in [3.63, 3.8) is 0 Å². The lowest BCUT2D eigenvalue weighted by molar-refractivity contribution is 0.0698. The van der Waals surface area contributed by atoms with E-state index < -0.39 is 10.0 Å². The molecule has 1 aliphatic heterocycles. The average Bonchev–Trinajstić information content (AvgIpc) is 2.67.